The first kappa shape index (κ1) is 17.7. The van der Waals surface area contributed by atoms with Gasteiger partial charge in [-0.05, 0) is 12.1 Å². The molecule has 0 radical (unpaired) electrons. The van der Waals surface area contributed by atoms with Crippen LogP contribution in [0.4, 0.5) is 5.69 Å². The smallest absolute Gasteiger partial charge is 0.326 e. The van der Waals surface area contributed by atoms with Gasteiger partial charge >= 0.3 is 5.97 Å². The van der Waals surface area contributed by atoms with E-state index in [1.165, 1.54) is 12.0 Å². The van der Waals surface area contributed by atoms with E-state index in [2.05, 4.69) is 5.32 Å². The molecular weight excluding hydrogens is 316 g/mol. The van der Waals surface area contributed by atoms with Crippen molar-refractivity contribution in [3.05, 3.63) is 24.3 Å². The number of esters is 1. The van der Waals surface area contributed by atoms with E-state index in [1.807, 2.05) is 0 Å². The Morgan fingerprint density at radius 2 is 2.12 bits per heavy atom. The molecule has 0 spiro atoms. The van der Waals surface area contributed by atoms with Crippen molar-refractivity contribution in [1.82, 2.24) is 5.32 Å². The molecule has 2 amide bonds. The number of amides is 2. The van der Waals surface area contributed by atoms with Crippen LogP contribution in [0.2, 0.25) is 0 Å². The Bertz CT molecular complexity index is 604. The maximum absolute atomic E-state index is 12.2. The fraction of sp³-hybridized carbons (Fsp3) is 0.438. The number of rotatable bonds is 7. The summed E-state index contributed by atoms with van der Waals surface area (Å²) in [5.41, 5.74) is 0.515. The van der Waals surface area contributed by atoms with Gasteiger partial charge in [-0.25, -0.2) is 0 Å². The monoisotopic (exact) mass is 336 g/mol. The van der Waals surface area contributed by atoms with Gasteiger partial charge in [0.25, 0.3) is 5.91 Å². The van der Waals surface area contributed by atoms with E-state index in [9.17, 15) is 14.4 Å². The zero-order valence-electron chi connectivity index (χ0n) is 13.4. The summed E-state index contributed by atoms with van der Waals surface area (Å²) in [6, 6.07) is 6.97. The minimum absolute atomic E-state index is 0.166. The summed E-state index contributed by atoms with van der Waals surface area (Å²) in [5.74, 6) is -0.789. The number of nitrogens with one attached hydrogen (secondary N) is 1. The van der Waals surface area contributed by atoms with Gasteiger partial charge in [0.1, 0.15) is 12.3 Å². The van der Waals surface area contributed by atoms with Crippen molar-refractivity contribution in [3.63, 3.8) is 0 Å². The van der Waals surface area contributed by atoms with Crippen LogP contribution in [0.15, 0.2) is 24.3 Å². The molecule has 1 aromatic carbocycles. The SMILES string of the molecule is COCCNC(=O)COC(=O)CN1C(=O)CCOc2ccccc21. The number of hydrogen-bond donors (Lipinski definition) is 1. The molecule has 0 aliphatic carbocycles. The molecule has 0 saturated heterocycles. The molecule has 0 aromatic heterocycles. The number of anilines is 1. The quantitative estimate of drug-likeness (QED) is 0.561. The molecule has 1 aromatic rings. The van der Waals surface area contributed by atoms with Gasteiger partial charge in [-0.2, -0.15) is 0 Å². The molecule has 0 bridgehead atoms. The maximum atomic E-state index is 12.2. The number of fused-ring (bicyclic) bond motifs is 1. The first-order valence-electron chi connectivity index (χ1n) is 7.55. The van der Waals surface area contributed by atoms with E-state index in [1.54, 1.807) is 24.3 Å². The third kappa shape index (κ3) is 4.95. The van der Waals surface area contributed by atoms with Crippen LogP contribution >= 0.6 is 0 Å². The van der Waals surface area contributed by atoms with Crippen LogP contribution in [0.3, 0.4) is 0 Å². The van der Waals surface area contributed by atoms with Crippen molar-refractivity contribution in [2.24, 2.45) is 0 Å². The van der Waals surface area contributed by atoms with Gasteiger partial charge in [0.2, 0.25) is 5.91 Å². The van der Waals surface area contributed by atoms with E-state index < -0.39 is 18.5 Å². The molecule has 24 heavy (non-hydrogen) atoms. The molecule has 1 heterocycles. The highest BCUT2D eigenvalue weighted by Crippen LogP contribution is 2.30. The summed E-state index contributed by atoms with van der Waals surface area (Å²) in [5, 5.41) is 2.54. The highest BCUT2D eigenvalue weighted by Gasteiger charge is 2.25. The lowest BCUT2D eigenvalue weighted by molar-refractivity contribution is -0.147. The molecule has 0 fully saturated rings. The lowest BCUT2D eigenvalue weighted by atomic mass is 10.2. The summed E-state index contributed by atoms with van der Waals surface area (Å²) in [6.45, 7) is 0.289. The van der Waals surface area contributed by atoms with Crippen LogP contribution < -0.4 is 15.0 Å². The Balaban J connectivity index is 1.90. The summed E-state index contributed by atoms with van der Waals surface area (Å²) in [6.07, 6.45) is 0.166. The van der Waals surface area contributed by atoms with Crippen LogP contribution in [0, 0.1) is 0 Å². The largest absolute Gasteiger partial charge is 0.491 e. The lowest BCUT2D eigenvalue weighted by Crippen LogP contribution is -2.38. The Morgan fingerprint density at radius 3 is 2.92 bits per heavy atom. The van der Waals surface area contributed by atoms with Crippen LogP contribution in [0.5, 0.6) is 5.75 Å². The van der Waals surface area contributed by atoms with E-state index in [0.717, 1.165) is 0 Å². The van der Waals surface area contributed by atoms with E-state index in [4.69, 9.17) is 14.2 Å². The third-order valence-corrected chi connectivity index (χ3v) is 3.31. The molecule has 0 atom stereocenters. The van der Waals surface area contributed by atoms with Gasteiger partial charge in [-0.15, -0.1) is 0 Å². The predicted molar refractivity (Wildman–Crippen MR) is 84.8 cm³/mol. The molecule has 8 nitrogen and oxygen atoms in total. The minimum Gasteiger partial charge on any atom is -0.491 e. The molecule has 1 aliphatic heterocycles. The van der Waals surface area contributed by atoms with Gasteiger partial charge < -0.3 is 19.5 Å². The number of carbonyl (C=O) groups excluding carboxylic acids is 3. The Labute approximate surface area is 139 Å². The fourth-order valence-electron chi connectivity index (χ4n) is 2.16. The Hall–Kier alpha value is -2.61. The first-order valence-corrected chi connectivity index (χ1v) is 7.55. The zero-order chi connectivity index (χ0) is 17.4. The van der Waals surface area contributed by atoms with Crippen molar-refractivity contribution in [1.29, 1.82) is 0 Å². The number of ether oxygens (including phenoxy) is 3. The fourth-order valence-corrected chi connectivity index (χ4v) is 2.16. The minimum atomic E-state index is -0.665. The predicted octanol–water partition coefficient (Wildman–Crippen LogP) is 0.108. The number of hydrogen-bond acceptors (Lipinski definition) is 6. The number of benzene rings is 1. The van der Waals surface area contributed by atoms with E-state index in [0.29, 0.717) is 24.6 Å². The van der Waals surface area contributed by atoms with Crippen molar-refractivity contribution in [2.45, 2.75) is 6.42 Å². The van der Waals surface area contributed by atoms with E-state index >= 15 is 0 Å². The van der Waals surface area contributed by atoms with Crippen molar-refractivity contribution < 1.29 is 28.6 Å². The maximum Gasteiger partial charge on any atom is 0.326 e. The van der Waals surface area contributed by atoms with Gasteiger partial charge in [0, 0.05) is 13.7 Å². The van der Waals surface area contributed by atoms with Crippen molar-refractivity contribution in [3.8, 4) is 5.75 Å². The van der Waals surface area contributed by atoms with Crippen molar-refractivity contribution in [2.75, 3.05) is 44.9 Å². The highest BCUT2D eigenvalue weighted by molar-refractivity contribution is 5.99. The zero-order valence-corrected chi connectivity index (χ0v) is 13.4. The second kappa shape index (κ2) is 8.88. The summed E-state index contributed by atoms with van der Waals surface area (Å²) in [7, 11) is 1.52. The third-order valence-electron chi connectivity index (χ3n) is 3.31. The molecule has 1 aliphatic rings. The normalized spacial score (nSPS) is 13.5. The van der Waals surface area contributed by atoms with Gasteiger partial charge in [-0.1, -0.05) is 12.1 Å². The Kier molecular flexibility index (Phi) is 6.56. The van der Waals surface area contributed by atoms with Crippen LogP contribution in [-0.2, 0) is 23.9 Å². The molecule has 130 valence electrons. The summed E-state index contributed by atoms with van der Waals surface area (Å²) < 4.78 is 15.2. The van der Waals surface area contributed by atoms with E-state index in [-0.39, 0.29) is 25.5 Å². The number of methoxy groups -OCH3 is 1. The van der Waals surface area contributed by atoms with Gasteiger partial charge in [0.15, 0.2) is 6.61 Å². The number of carbonyl (C=O) groups is 3. The van der Waals surface area contributed by atoms with Crippen molar-refractivity contribution >= 4 is 23.5 Å². The Morgan fingerprint density at radius 1 is 1.33 bits per heavy atom. The summed E-state index contributed by atoms with van der Waals surface area (Å²) in [4.78, 5) is 36.9. The molecule has 0 saturated carbocycles. The van der Waals surface area contributed by atoms with Crippen LogP contribution in [0.1, 0.15) is 6.42 Å². The molecule has 8 heteroatoms. The topological polar surface area (TPSA) is 94.2 Å². The molecule has 2 rings (SSSR count). The van der Waals surface area contributed by atoms with Gasteiger partial charge in [-0.3, -0.25) is 19.3 Å². The molecule has 1 N–H and O–H groups in total. The first-order chi connectivity index (χ1) is 11.6. The second-order valence-corrected chi connectivity index (χ2v) is 5.05. The highest BCUT2D eigenvalue weighted by atomic mass is 16.5. The standard InChI is InChI=1S/C16H20N2O6/c1-22-9-7-17-14(19)11-24-16(21)10-18-12-4-2-3-5-13(12)23-8-6-15(18)20/h2-5H,6-11H2,1H3,(H,17,19). The molecular formula is C16H20N2O6. The van der Waals surface area contributed by atoms with Gasteiger partial charge in [0.05, 0.1) is 25.3 Å². The lowest BCUT2D eigenvalue weighted by Gasteiger charge is -2.20. The summed E-state index contributed by atoms with van der Waals surface area (Å²) >= 11 is 0. The van der Waals surface area contributed by atoms with Crippen LogP contribution in [0.25, 0.3) is 0 Å². The number of nitrogens with zero attached hydrogens (tertiary/aromatic N) is 1. The average molecular weight is 336 g/mol. The molecule has 0 unspecified atom stereocenters. The average Bonchev–Trinajstić information content (AvgIpc) is 2.73. The number of para-hydroxylation sites is 2. The second-order valence-electron chi connectivity index (χ2n) is 5.05. The van der Waals surface area contributed by atoms with Crippen LogP contribution in [-0.4, -0.2) is 57.8 Å².